The summed E-state index contributed by atoms with van der Waals surface area (Å²) in [5.74, 6) is 0.549. The normalized spacial score (nSPS) is 10.8. The van der Waals surface area contributed by atoms with Crippen LogP contribution >= 0.6 is 11.8 Å². The highest BCUT2D eigenvalue weighted by Gasteiger charge is 2.11. The first-order valence-electron chi connectivity index (χ1n) is 7.27. The van der Waals surface area contributed by atoms with Crippen LogP contribution in [0, 0.1) is 24.0 Å². The number of hydrogen-bond acceptors (Lipinski definition) is 6. The molecule has 8 heteroatoms. The van der Waals surface area contributed by atoms with E-state index in [1.165, 1.54) is 23.4 Å². The molecule has 0 bridgehead atoms. The van der Waals surface area contributed by atoms with Gasteiger partial charge in [-0.05, 0) is 53.1 Å². The minimum Gasteiger partial charge on any atom is -0.258 e. The highest BCUT2D eigenvalue weighted by atomic mass is 32.2. The maximum absolute atomic E-state index is 10.8. The molecule has 0 saturated carbocycles. The van der Waals surface area contributed by atoms with Crippen LogP contribution in [-0.2, 0) is 5.75 Å². The minimum atomic E-state index is -0.396. The first kappa shape index (κ1) is 16.1. The van der Waals surface area contributed by atoms with Gasteiger partial charge in [-0.3, -0.25) is 10.1 Å². The Morgan fingerprint density at radius 3 is 2.75 bits per heavy atom. The molecule has 24 heavy (non-hydrogen) atoms. The Balaban J connectivity index is 1.80. The van der Waals surface area contributed by atoms with Gasteiger partial charge in [0.15, 0.2) is 0 Å². The summed E-state index contributed by atoms with van der Waals surface area (Å²) in [6.45, 7) is 4.09. The van der Waals surface area contributed by atoms with Crippen molar-refractivity contribution in [1.82, 2.24) is 20.2 Å². The number of nitro benzene ring substituents is 1. The quantitative estimate of drug-likeness (QED) is 0.401. The summed E-state index contributed by atoms with van der Waals surface area (Å²) >= 11 is 1.44. The molecule has 122 valence electrons. The lowest BCUT2D eigenvalue weighted by Crippen LogP contribution is -2.00. The topological polar surface area (TPSA) is 86.7 Å². The molecule has 0 saturated heterocycles. The van der Waals surface area contributed by atoms with Gasteiger partial charge in [0.1, 0.15) is 0 Å². The van der Waals surface area contributed by atoms with Crippen molar-refractivity contribution in [1.29, 1.82) is 0 Å². The molecule has 3 rings (SSSR count). The van der Waals surface area contributed by atoms with Crippen LogP contribution in [0.15, 0.2) is 47.6 Å². The predicted molar refractivity (Wildman–Crippen MR) is 91.3 cm³/mol. The summed E-state index contributed by atoms with van der Waals surface area (Å²) in [5.41, 5.74) is 4.20. The number of nitro groups is 1. The van der Waals surface area contributed by atoms with Crippen LogP contribution in [0.1, 0.15) is 16.7 Å². The number of thioether (sulfide) groups is 1. The monoisotopic (exact) mass is 341 g/mol. The largest absolute Gasteiger partial charge is 0.269 e. The van der Waals surface area contributed by atoms with Gasteiger partial charge in [0.2, 0.25) is 5.16 Å². The Bertz CT molecular complexity index is 894. The van der Waals surface area contributed by atoms with Crippen molar-refractivity contribution in [3.05, 3.63) is 69.3 Å². The standard InChI is InChI=1S/C16H15N5O2S/c1-11-6-7-14(8-12(11)2)20-16(17-18-19-20)24-10-13-4-3-5-15(9-13)21(22)23/h3-9H,10H2,1-2H3. The summed E-state index contributed by atoms with van der Waals surface area (Å²) in [5, 5.41) is 23.3. The SMILES string of the molecule is Cc1ccc(-n2nnnc2SCc2cccc([N+](=O)[O-])c2)cc1C. The van der Waals surface area contributed by atoms with Crippen LogP contribution in [-0.4, -0.2) is 25.1 Å². The molecule has 7 nitrogen and oxygen atoms in total. The molecule has 0 fully saturated rings. The van der Waals surface area contributed by atoms with E-state index in [9.17, 15) is 10.1 Å². The number of nitrogens with zero attached hydrogens (tertiary/aromatic N) is 5. The van der Waals surface area contributed by atoms with Crippen LogP contribution in [0.2, 0.25) is 0 Å². The van der Waals surface area contributed by atoms with Crippen molar-refractivity contribution in [2.75, 3.05) is 0 Å². The third-order valence-corrected chi connectivity index (χ3v) is 4.66. The van der Waals surface area contributed by atoms with Crippen molar-refractivity contribution in [2.45, 2.75) is 24.8 Å². The zero-order valence-electron chi connectivity index (χ0n) is 13.2. The summed E-state index contributed by atoms with van der Waals surface area (Å²) in [6, 6.07) is 12.6. The molecule has 3 aromatic rings. The third kappa shape index (κ3) is 3.43. The Morgan fingerprint density at radius 1 is 1.17 bits per heavy atom. The maximum atomic E-state index is 10.8. The van der Waals surface area contributed by atoms with E-state index in [1.807, 2.05) is 31.2 Å². The zero-order chi connectivity index (χ0) is 17.1. The number of non-ortho nitro benzene ring substituents is 1. The van der Waals surface area contributed by atoms with Crippen LogP contribution in [0.25, 0.3) is 5.69 Å². The maximum Gasteiger partial charge on any atom is 0.269 e. The number of rotatable bonds is 5. The molecule has 0 aliphatic heterocycles. The second-order valence-corrected chi connectivity index (χ2v) is 6.30. The molecule has 0 aliphatic rings. The van der Waals surface area contributed by atoms with Crippen LogP contribution in [0.4, 0.5) is 5.69 Å². The average molecular weight is 341 g/mol. The highest BCUT2D eigenvalue weighted by molar-refractivity contribution is 7.98. The van der Waals surface area contributed by atoms with E-state index in [4.69, 9.17) is 0 Å². The molecule has 0 atom stereocenters. The fourth-order valence-electron chi connectivity index (χ4n) is 2.20. The summed E-state index contributed by atoms with van der Waals surface area (Å²) < 4.78 is 1.68. The highest BCUT2D eigenvalue weighted by Crippen LogP contribution is 2.25. The van der Waals surface area contributed by atoms with E-state index in [2.05, 4.69) is 22.4 Å². The number of benzene rings is 2. The molecule has 0 spiro atoms. The number of aromatic nitrogens is 4. The van der Waals surface area contributed by atoms with E-state index >= 15 is 0 Å². The van der Waals surface area contributed by atoms with E-state index in [1.54, 1.807) is 16.8 Å². The lowest BCUT2D eigenvalue weighted by molar-refractivity contribution is -0.384. The molecule has 1 heterocycles. The Hall–Kier alpha value is -2.74. The van der Waals surface area contributed by atoms with Crippen molar-refractivity contribution in [3.8, 4) is 5.69 Å². The van der Waals surface area contributed by atoms with Gasteiger partial charge in [0, 0.05) is 17.9 Å². The van der Waals surface area contributed by atoms with Gasteiger partial charge >= 0.3 is 0 Å². The van der Waals surface area contributed by atoms with Crippen LogP contribution < -0.4 is 0 Å². The van der Waals surface area contributed by atoms with E-state index in [0.717, 1.165) is 16.8 Å². The summed E-state index contributed by atoms with van der Waals surface area (Å²) in [6.07, 6.45) is 0. The second kappa shape index (κ2) is 6.79. The number of aryl methyl sites for hydroxylation is 2. The number of tetrazole rings is 1. The molecule has 0 unspecified atom stereocenters. The summed E-state index contributed by atoms with van der Waals surface area (Å²) in [4.78, 5) is 10.5. The second-order valence-electron chi connectivity index (χ2n) is 5.36. The lowest BCUT2D eigenvalue weighted by Gasteiger charge is -2.07. The minimum absolute atomic E-state index is 0.0850. The fourth-order valence-corrected chi connectivity index (χ4v) is 3.03. The zero-order valence-corrected chi connectivity index (χ0v) is 14.0. The van der Waals surface area contributed by atoms with Crippen molar-refractivity contribution >= 4 is 17.4 Å². The number of hydrogen-bond donors (Lipinski definition) is 0. The third-order valence-electron chi connectivity index (χ3n) is 3.67. The first-order chi connectivity index (χ1) is 11.5. The van der Waals surface area contributed by atoms with Crippen LogP contribution in [0.3, 0.4) is 0 Å². The van der Waals surface area contributed by atoms with Gasteiger partial charge in [0.25, 0.3) is 5.69 Å². The van der Waals surface area contributed by atoms with Gasteiger partial charge in [0.05, 0.1) is 10.6 Å². The molecular formula is C16H15N5O2S. The van der Waals surface area contributed by atoms with Crippen molar-refractivity contribution in [3.63, 3.8) is 0 Å². The predicted octanol–water partition coefficient (Wildman–Crippen LogP) is 3.48. The molecule has 0 N–H and O–H groups in total. The molecule has 2 aromatic carbocycles. The van der Waals surface area contributed by atoms with E-state index < -0.39 is 4.92 Å². The Labute approximate surface area is 142 Å². The van der Waals surface area contributed by atoms with Crippen molar-refractivity contribution in [2.24, 2.45) is 0 Å². The molecule has 1 aromatic heterocycles. The van der Waals surface area contributed by atoms with Gasteiger partial charge in [-0.1, -0.05) is 30.0 Å². The average Bonchev–Trinajstić information content (AvgIpc) is 3.04. The molecule has 0 radical (unpaired) electrons. The lowest BCUT2D eigenvalue weighted by atomic mass is 10.1. The first-order valence-corrected chi connectivity index (χ1v) is 8.25. The van der Waals surface area contributed by atoms with Gasteiger partial charge in [-0.25, -0.2) is 0 Å². The van der Waals surface area contributed by atoms with E-state index in [0.29, 0.717) is 10.9 Å². The molecular weight excluding hydrogens is 326 g/mol. The Kier molecular flexibility index (Phi) is 4.57. The Morgan fingerprint density at radius 2 is 2.00 bits per heavy atom. The molecule has 0 amide bonds. The molecule has 0 aliphatic carbocycles. The summed E-state index contributed by atoms with van der Waals surface area (Å²) in [7, 11) is 0. The fraction of sp³-hybridized carbons (Fsp3) is 0.188. The van der Waals surface area contributed by atoms with Gasteiger partial charge < -0.3 is 0 Å². The van der Waals surface area contributed by atoms with Crippen LogP contribution in [0.5, 0.6) is 0 Å². The van der Waals surface area contributed by atoms with Gasteiger partial charge in [-0.15, -0.1) is 5.10 Å². The van der Waals surface area contributed by atoms with Crippen molar-refractivity contribution < 1.29 is 4.92 Å². The van der Waals surface area contributed by atoms with E-state index in [-0.39, 0.29) is 5.69 Å². The van der Waals surface area contributed by atoms with Gasteiger partial charge in [-0.2, -0.15) is 4.68 Å². The smallest absolute Gasteiger partial charge is 0.258 e.